The number of rotatable bonds is 8. The number of nitrogens with one attached hydrogen (secondary N) is 2. The van der Waals surface area contributed by atoms with Crippen LogP contribution in [0.15, 0.2) is 0 Å². The highest BCUT2D eigenvalue weighted by molar-refractivity contribution is 5.68. The molecule has 0 saturated carbocycles. The number of amides is 1. The largest absolute Gasteiger partial charge is 0.444 e. The summed E-state index contributed by atoms with van der Waals surface area (Å²) in [6.07, 6.45) is 5.90. The van der Waals surface area contributed by atoms with Crippen molar-refractivity contribution in [2.24, 2.45) is 0 Å². The zero-order valence-electron chi connectivity index (χ0n) is 15.8. The lowest BCUT2D eigenvalue weighted by molar-refractivity contribution is 0.0258. The molecule has 0 bridgehead atoms. The fraction of sp³-hybridized carbons (Fsp3) is 0.944. The number of nitrogens with zero attached hydrogens (tertiary/aromatic N) is 1. The molecule has 1 amide bonds. The molecule has 23 heavy (non-hydrogen) atoms. The van der Waals surface area contributed by atoms with Crippen LogP contribution < -0.4 is 10.6 Å². The van der Waals surface area contributed by atoms with Gasteiger partial charge in [0.1, 0.15) is 5.60 Å². The van der Waals surface area contributed by atoms with Crippen molar-refractivity contribution in [3.05, 3.63) is 0 Å². The van der Waals surface area contributed by atoms with Crippen LogP contribution in [-0.4, -0.2) is 54.9 Å². The van der Waals surface area contributed by atoms with E-state index >= 15 is 0 Å². The Labute approximate surface area is 142 Å². The second-order valence-electron chi connectivity index (χ2n) is 7.65. The van der Waals surface area contributed by atoms with E-state index in [1.54, 1.807) is 4.90 Å². The molecule has 0 aromatic carbocycles. The van der Waals surface area contributed by atoms with Crippen molar-refractivity contribution in [2.75, 3.05) is 26.2 Å². The van der Waals surface area contributed by atoms with Crippen molar-refractivity contribution in [1.82, 2.24) is 15.5 Å². The summed E-state index contributed by atoms with van der Waals surface area (Å²) in [6.45, 7) is 13.5. The fourth-order valence-electron chi connectivity index (χ4n) is 2.96. The predicted molar refractivity (Wildman–Crippen MR) is 95.8 cm³/mol. The molecule has 0 aromatic heterocycles. The number of hydrogen-bond donors (Lipinski definition) is 2. The molecule has 2 atom stereocenters. The van der Waals surface area contributed by atoms with E-state index < -0.39 is 5.60 Å². The van der Waals surface area contributed by atoms with Gasteiger partial charge in [-0.15, -0.1) is 0 Å². The number of piperidine rings is 1. The molecule has 0 spiro atoms. The second-order valence-corrected chi connectivity index (χ2v) is 7.65. The first-order valence-electron chi connectivity index (χ1n) is 9.26. The first kappa shape index (κ1) is 20.2. The molecule has 2 N–H and O–H groups in total. The Morgan fingerprint density at radius 2 is 2.13 bits per heavy atom. The SMILES string of the molecule is CCN(CCCNC(C)CC1CCCCN1)C(=O)OC(C)(C)C. The van der Waals surface area contributed by atoms with E-state index in [1.807, 2.05) is 27.7 Å². The molecule has 136 valence electrons. The van der Waals surface area contributed by atoms with Crippen LogP contribution >= 0.6 is 0 Å². The van der Waals surface area contributed by atoms with E-state index in [4.69, 9.17) is 4.74 Å². The van der Waals surface area contributed by atoms with Gasteiger partial charge in [-0.3, -0.25) is 0 Å². The third kappa shape index (κ3) is 9.16. The molecule has 0 radical (unpaired) electrons. The summed E-state index contributed by atoms with van der Waals surface area (Å²) in [6, 6.07) is 1.18. The minimum Gasteiger partial charge on any atom is -0.444 e. The van der Waals surface area contributed by atoms with Crippen LogP contribution in [0.25, 0.3) is 0 Å². The number of hydrogen-bond acceptors (Lipinski definition) is 4. The normalized spacial score (nSPS) is 20.1. The van der Waals surface area contributed by atoms with Crippen molar-refractivity contribution < 1.29 is 9.53 Å². The minimum absolute atomic E-state index is 0.209. The van der Waals surface area contributed by atoms with Crippen LogP contribution in [0.2, 0.25) is 0 Å². The van der Waals surface area contributed by atoms with Crippen molar-refractivity contribution in [2.45, 2.75) is 84.4 Å². The van der Waals surface area contributed by atoms with E-state index in [-0.39, 0.29) is 6.09 Å². The maximum atomic E-state index is 12.1. The summed E-state index contributed by atoms with van der Waals surface area (Å²) in [5, 5.41) is 7.17. The summed E-state index contributed by atoms with van der Waals surface area (Å²) in [4.78, 5) is 13.8. The molecular weight excluding hydrogens is 290 g/mol. The maximum Gasteiger partial charge on any atom is 0.410 e. The van der Waals surface area contributed by atoms with Gasteiger partial charge in [-0.2, -0.15) is 0 Å². The molecule has 1 heterocycles. The average Bonchev–Trinajstić information content (AvgIpc) is 2.46. The van der Waals surface area contributed by atoms with Gasteiger partial charge in [-0.25, -0.2) is 4.79 Å². The quantitative estimate of drug-likeness (QED) is 0.673. The van der Waals surface area contributed by atoms with E-state index in [0.717, 1.165) is 19.5 Å². The minimum atomic E-state index is -0.426. The highest BCUT2D eigenvalue weighted by Crippen LogP contribution is 2.12. The first-order chi connectivity index (χ1) is 10.8. The number of carbonyl (C=O) groups is 1. The molecule has 1 aliphatic rings. The predicted octanol–water partition coefficient (Wildman–Crippen LogP) is 3.14. The lowest BCUT2D eigenvalue weighted by Gasteiger charge is -2.28. The molecule has 0 aromatic rings. The number of ether oxygens (including phenoxy) is 1. The van der Waals surface area contributed by atoms with Gasteiger partial charge in [0.2, 0.25) is 0 Å². The lowest BCUT2D eigenvalue weighted by Crippen LogP contribution is -2.41. The van der Waals surface area contributed by atoms with Crippen LogP contribution in [-0.2, 0) is 4.74 Å². The summed E-state index contributed by atoms with van der Waals surface area (Å²) in [7, 11) is 0. The molecular formula is C18H37N3O2. The summed E-state index contributed by atoms with van der Waals surface area (Å²) < 4.78 is 5.43. The van der Waals surface area contributed by atoms with Gasteiger partial charge in [-0.1, -0.05) is 6.42 Å². The van der Waals surface area contributed by atoms with Gasteiger partial charge < -0.3 is 20.3 Å². The van der Waals surface area contributed by atoms with Crippen LogP contribution in [0.1, 0.15) is 66.7 Å². The van der Waals surface area contributed by atoms with Crippen molar-refractivity contribution >= 4 is 6.09 Å². The molecule has 5 nitrogen and oxygen atoms in total. The molecule has 0 aliphatic carbocycles. The Bertz CT molecular complexity index is 336. The Hall–Kier alpha value is -0.810. The maximum absolute atomic E-state index is 12.1. The summed E-state index contributed by atoms with van der Waals surface area (Å²) >= 11 is 0. The second kappa shape index (κ2) is 10.1. The van der Waals surface area contributed by atoms with Crippen LogP contribution in [0, 0.1) is 0 Å². The van der Waals surface area contributed by atoms with Crippen molar-refractivity contribution in [3.63, 3.8) is 0 Å². The van der Waals surface area contributed by atoms with E-state index in [0.29, 0.717) is 18.6 Å². The van der Waals surface area contributed by atoms with Gasteiger partial charge >= 0.3 is 6.09 Å². The third-order valence-electron chi connectivity index (χ3n) is 4.18. The van der Waals surface area contributed by atoms with Crippen LogP contribution in [0.4, 0.5) is 4.79 Å². The Morgan fingerprint density at radius 1 is 1.39 bits per heavy atom. The summed E-state index contributed by atoms with van der Waals surface area (Å²) in [5.74, 6) is 0. The number of carbonyl (C=O) groups excluding carboxylic acids is 1. The van der Waals surface area contributed by atoms with E-state index in [9.17, 15) is 4.79 Å². The highest BCUT2D eigenvalue weighted by Gasteiger charge is 2.21. The third-order valence-corrected chi connectivity index (χ3v) is 4.18. The zero-order chi connectivity index (χ0) is 17.3. The van der Waals surface area contributed by atoms with Gasteiger partial charge in [-0.05, 0) is 73.4 Å². The Kier molecular flexibility index (Phi) is 8.92. The fourth-order valence-corrected chi connectivity index (χ4v) is 2.96. The zero-order valence-corrected chi connectivity index (χ0v) is 15.8. The molecule has 1 rings (SSSR count). The first-order valence-corrected chi connectivity index (χ1v) is 9.26. The lowest BCUT2D eigenvalue weighted by atomic mass is 9.99. The van der Waals surface area contributed by atoms with Crippen molar-refractivity contribution in [3.8, 4) is 0 Å². The molecule has 1 saturated heterocycles. The van der Waals surface area contributed by atoms with Gasteiger partial charge in [0.05, 0.1) is 0 Å². The Morgan fingerprint density at radius 3 is 2.70 bits per heavy atom. The average molecular weight is 328 g/mol. The smallest absolute Gasteiger partial charge is 0.410 e. The van der Waals surface area contributed by atoms with E-state index in [2.05, 4.69) is 17.6 Å². The van der Waals surface area contributed by atoms with E-state index in [1.165, 1.54) is 32.2 Å². The summed E-state index contributed by atoms with van der Waals surface area (Å²) in [5.41, 5.74) is -0.426. The monoisotopic (exact) mass is 327 g/mol. The van der Waals surface area contributed by atoms with Gasteiger partial charge in [0, 0.05) is 25.2 Å². The van der Waals surface area contributed by atoms with Crippen LogP contribution in [0.3, 0.4) is 0 Å². The van der Waals surface area contributed by atoms with Crippen molar-refractivity contribution in [1.29, 1.82) is 0 Å². The molecule has 1 fully saturated rings. The molecule has 2 unspecified atom stereocenters. The standard InChI is InChI=1S/C18H37N3O2/c1-6-21(17(22)23-18(3,4)5)13-9-12-19-15(2)14-16-10-7-8-11-20-16/h15-16,19-20H,6-14H2,1-5H3. The highest BCUT2D eigenvalue weighted by atomic mass is 16.6. The van der Waals surface area contributed by atoms with Gasteiger partial charge in [0.25, 0.3) is 0 Å². The molecule has 1 aliphatic heterocycles. The molecule has 5 heteroatoms. The van der Waals surface area contributed by atoms with Gasteiger partial charge in [0.15, 0.2) is 0 Å². The Balaban J connectivity index is 2.17. The topological polar surface area (TPSA) is 53.6 Å². The van der Waals surface area contributed by atoms with Crippen LogP contribution in [0.5, 0.6) is 0 Å².